The summed E-state index contributed by atoms with van der Waals surface area (Å²) in [5.41, 5.74) is 4.09. The van der Waals surface area contributed by atoms with Gasteiger partial charge in [0.05, 0.1) is 17.3 Å². The van der Waals surface area contributed by atoms with Crippen molar-refractivity contribution in [2.75, 3.05) is 5.73 Å². The van der Waals surface area contributed by atoms with Crippen LogP contribution in [0, 0.1) is 11.3 Å². The molecule has 0 fully saturated rings. The van der Waals surface area contributed by atoms with Gasteiger partial charge in [-0.05, 0) is 24.3 Å². The highest BCUT2D eigenvalue weighted by Gasteiger charge is 2.25. The van der Waals surface area contributed by atoms with E-state index in [1.807, 2.05) is 6.07 Å². The van der Waals surface area contributed by atoms with Gasteiger partial charge >= 0.3 is 0 Å². The lowest BCUT2D eigenvalue weighted by atomic mass is 10.0. The molecule has 0 radical (unpaired) electrons. The molecule has 0 saturated heterocycles. The summed E-state index contributed by atoms with van der Waals surface area (Å²) in [5.74, 6) is 0. The third kappa shape index (κ3) is 2.86. The summed E-state index contributed by atoms with van der Waals surface area (Å²) in [5, 5.41) is 8.83. The van der Waals surface area contributed by atoms with Gasteiger partial charge in [0, 0.05) is 23.0 Å². The number of alkyl halides is 2. The van der Waals surface area contributed by atoms with Crippen molar-refractivity contribution < 1.29 is 8.78 Å². The molecule has 1 heterocycles. The maximum absolute atomic E-state index is 13.3. The van der Waals surface area contributed by atoms with E-state index in [0.717, 1.165) is 0 Å². The van der Waals surface area contributed by atoms with Gasteiger partial charge in [0.25, 0.3) is 5.66 Å². The largest absolute Gasteiger partial charge is 0.398 e. The Kier molecular flexibility index (Phi) is 3.46. The Labute approximate surface area is 111 Å². The van der Waals surface area contributed by atoms with Crippen molar-refractivity contribution in [3.8, 4) is 17.3 Å². The van der Waals surface area contributed by atoms with E-state index in [0.29, 0.717) is 22.5 Å². The Morgan fingerprint density at radius 2 is 2.00 bits per heavy atom. The summed E-state index contributed by atoms with van der Waals surface area (Å²) in [6.45, 7) is 0. The van der Waals surface area contributed by atoms with Gasteiger partial charge in [-0.2, -0.15) is 14.0 Å². The lowest BCUT2D eigenvalue weighted by Gasteiger charge is -2.13. The average molecular weight is 277 g/mol. The number of hydrogen-bond donors (Lipinski definition) is 1. The van der Waals surface area contributed by atoms with Gasteiger partial charge in [-0.15, -0.1) is 0 Å². The van der Waals surface area contributed by atoms with Crippen LogP contribution in [-0.4, -0.2) is 4.98 Å². The van der Waals surface area contributed by atoms with Crippen molar-refractivity contribution in [1.29, 1.82) is 5.26 Å². The highest BCUT2D eigenvalue weighted by Crippen LogP contribution is 2.38. The van der Waals surface area contributed by atoms with Crippen LogP contribution in [0.2, 0.25) is 0 Å². The molecule has 0 aliphatic rings. The second-order valence-corrected chi connectivity index (χ2v) is 4.69. The van der Waals surface area contributed by atoms with E-state index in [1.165, 1.54) is 45.8 Å². The highest BCUT2D eigenvalue weighted by molar-refractivity contribution is 7.17. The number of nitriles is 1. The van der Waals surface area contributed by atoms with E-state index in [1.54, 1.807) is 0 Å². The van der Waals surface area contributed by atoms with Crippen molar-refractivity contribution in [3.05, 3.63) is 47.7 Å². The molecule has 6 heteroatoms. The summed E-state index contributed by atoms with van der Waals surface area (Å²) in [6, 6.07) is 8.97. The number of nitrogens with two attached hydrogens (primary N) is 1. The van der Waals surface area contributed by atoms with Crippen molar-refractivity contribution in [1.82, 2.24) is 4.98 Å². The fraction of sp³-hybridized carbons (Fsp3) is 0.0769. The summed E-state index contributed by atoms with van der Waals surface area (Å²) in [6.07, 6.45) is 1.44. The number of rotatable bonds is 2. The minimum atomic E-state index is -3.03. The van der Waals surface area contributed by atoms with E-state index in [-0.39, 0.29) is 5.56 Å². The van der Waals surface area contributed by atoms with Gasteiger partial charge in [0.15, 0.2) is 0 Å². The molecule has 0 bridgehead atoms. The van der Waals surface area contributed by atoms with Crippen LogP contribution in [0.25, 0.3) is 11.3 Å². The lowest BCUT2D eigenvalue weighted by molar-refractivity contribution is 0.104. The third-order valence-electron chi connectivity index (χ3n) is 2.60. The number of hydrogen-bond acceptors (Lipinski definition) is 3. The highest BCUT2D eigenvalue weighted by atomic mass is 31.0. The monoisotopic (exact) mass is 277 g/mol. The SMILES string of the molecule is N#Cc1ccnc(-c2cc(C(F)(F)P)ccc2N)c1. The van der Waals surface area contributed by atoms with Crippen LogP contribution < -0.4 is 5.73 Å². The standard InChI is InChI=1S/C13H10F2N3P/c14-13(15,19)9-1-2-11(17)10(6-9)12-5-8(7-16)3-4-18-12/h1-6H,17,19H2. The molecule has 0 amide bonds. The van der Waals surface area contributed by atoms with E-state index in [9.17, 15) is 8.78 Å². The minimum absolute atomic E-state index is 0.175. The molecule has 1 unspecified atom stereocenters. The van der Waals surface area contributed by atoms with Gasteiger partial charge in [0.1, 0.15) is 0 Å². The van der Waals surface area contributed by atoms with Crippen LogP contribution in [0.4, 0.5) is 14.5 Å². The topological polar surface area (TPSA) is 62.7 Å². The second kappa shape index (κ2) is 4.91. The number of benzene rings is 1. The van der Waals surface area contributed by atoms with Gasteiger partial charge in [-0.1, -0.05) is 15.3 Å². The van der Waals surface area contributed by atoms with Crippen LogP contribution in [0.15, 0.2) is 36.5 Å². The molecule has 1 aromatic carbocycles. The summed E-state index contributed by atoms with van der Waals surface area (Å²) >= 11 is 0. The molecular formula is C13H10F2N3P. The number of nitrogens with zero attached hydrogens (tertiary/aromatic N) is 2. The smallest absolute Gasteiger partial charge is 0.283 e. The first kappa shape index (κ1) is 13.4. The maximum atomic E-state index is 13.3. The molecule has 2 rings (SSSR count). The molecule has 1 atom stereocenters. The van der Waals surface area contributed by atoms with Crippen molar-refractivity contribution >= 4 is 14.9 Å². The average Bonchev–Trinajstić information content (AvgIpc) is 2.38. The molecule has 2 N–H and O–H groups in total. The predicted molar refractivity (Wildman–Crippen MR) is 72.4 cm³/mol. The first-order chi connectivity index (χ1) is 8.91. The zero-order valence-electron chi connectivity index (χ0n) is 9.77. The molecule has 0 saturated carbocycles. The molecule has 19 heavy (non-hydrogen) atoms. The number of halogens is 2. The van der Waals surface area contributed by atoms with E-state index in [2.05, 4.69) is 4.98 Å². The van der Waals surface area contributed by atoms with Gasteiger partial charge < -0.3 is 5.73 Å². The molecule has 96 valence electrons. The molecule has 1 aromatic heterocycles. The van der Waals surface area contributed by atoms with Crippen LogP contribution in [0.1, 0.15) is 11.1 Å². The van der Waals surface area contributed by atoms with Gasteiger partial charge in [-0.25, -0.2) is 0 Å². The molecule has 3 nitrogen and oxygen atoms in total. The van der Waals surface area contributed by atoms with Crippen LogP contribution >= 0.6 is 9.24 Å². The number of pyridine rings is 1. The molecule has 2 aromatic rings. The van der Waals surface area contributed by atoms with E-state index >= 15 is 0 Å². The van der Waals surface area contributed by atoms with E-state index < -0.39 is 5.66 Å². The quantitative estimate of drug-likeness (QED) is 0.677. The Balaban J connectivity index is 2.58. The Morgan fingerprint density at radius 3 is 2.63 bits per heavy atom. The summed E-state index contributed by atoms with van der Waals surface area (Å²) < 4.78 is 26.6. The number of aromatic nitrogens is 1. The predicted octanol–water partition coefficient (Wildman–Crippen LogP) is 3.13. The molecular weight excluding hydrogens is 267 g/mol. The van der Waals surface area contributed by atoms with Crippen LogP contribution in [0.5, 0.6) is 0 Å². The van der Waals surface area contributed by atoms with Gasteiger partial charge in [-0.3, -0.25) is 4.98 Å². The molecule has 0 aliphatic carbocycles. The zero-order valence-corrected chi connectivity index (χ0v) is 10.9. The maximum Gasteiger partial charge on any atom is 0.283 e. The fourth-order valence-corrected chi connectivity index (χ4v) is 1.81. The number of anilines is 1. The van der Waals surface area contributed by atoms with E-state index in [4.69, 9.17) is 11.0 Å². The molecule has 0 spiro atoms. The third-order valence-corrected chi connectivity index (χ3v) is 2.94. The van der Waals surface area contributed by atoms with Gasteiger partial charge in [0.2, 0.25) is 0 Å². The van der Waals surface area contributed by atoms with Crippen LogP contribution in [0.3, 0.4) is 0 Å². The minimum Gasteiger partial charge on any atom is -0.398 e. The first-order valence-corrected chi connectivity index (χ1v) is 5.93. The summed E-state index contributed by atoms with van der Waals surface area (Å²) in [4.78, 5) is 4.06. The fourth-order valence-electron chi connectivity index (χ4n) is 1.63. The van der Waals surface area contributed by atoms with Crippen molar-refractivity contribution in [2.45, 2.75) is 5.66 Å². The Morgan fingerprint density at radius 1 is 1.26 bits per heavy atom. The zero-order chi connectivity index (χ0) is 14.0. The number of nitrogen functional groups attached to an aromatic ring is 1. The molecule has 0 aliphatic heterocycles. The Hall–Kier alpha value is -2.05. The first-order valence-electron chi connectivity index (χ1n) is 5.35. The summed E-state index contributed by atoms with van der Waals surface area (Å²) in [7, 11) is 1.48. The van der Waals surface area contributed by atoms with Crippen LogP contribution in [-0.2, 0) is 5.66 Å². The van der Waals surface area contributed by atoms with Crippen molar-refractivity contribution in [3.63, 3.8) is 0 Å². The normalized spacial score (nSPS) is 11.1. The lowest BCUT2D eigenvalue weighted by Crippen LogP contribution is -2.04. The van der Waals surface area contributed by atoms with Crippen molar-refractivity contribution in [2.24, 2.45) is 0 Å². The second-order valence-electron chi connectivity index (χ2n) is 3.97. The Bertz CT molecular complexity index is 660.